The zero-order valence-corrected chi connectivity index (χ0v) is 13.2. The predicted molar refractivity (Wildman–Crippen MR) is 87.5 cm³/mol. The summed E-state index contributed by atoms with van der Waals surface area (Å²) in [5.74, 6) is 0. The predicted octanol–water partition coefficient (Wildman–Crippen LogP) is 2.89. The van der Waals surface area contributed by atoms with E-state index in [1.165, 1.54) is 37.1 Å². The van der Waals surface area contributed by atoms with Crippen LogP contribution in [0.4, 0.5) is 5.69 Å². The summed E-state index contributed by atoms with van der Waals surface area (Å²) >= 11 is 0. The third-order valence-corrected chi connectivity index (χ3v) is 4.06. The van der Waals surface area contributed by atoms with Gasteiger partial charge in [0.2, 0.25) is 0 Å². The Morgan fingerprint density at radius 1 is 1.30 bits per heavy atom. The monoisotopic (exact) mass is 275 g/mol. The summed E-state index contributed by atoms with van der Waals surface area (Å²) in [7, 11) is 4.30. The normalized spacial score (nSPS) is 19.0. The standard InChI is InChI=1S/C17H29N3/c1-4-18-16-10-7-13-20(14-8-12-19(2)3)17-11-6-5-9-15(16)17/h5-6,9,11,16,18H,4,7-8,10,12-14H2,1-3H3. The summed E-state index contributed by atoms with van der Waals surface area (Å²) < 4.78 is 0. The van der Waals surface area contributed by atoms with Crippen LogP contribution in [0.1, 0.15) is 37.8 Å². The zero-order valence-electron chi connectivity index (χ0n) is 13.2. The van der Waals surface area contributed by atoms with E-state index < -0.39 is 0 Å². The van der Waals surface area contributed by atoms with Crippen LogP contribution in [0.15, 0.2) is 24.3 Å². The third-order valence-electron chi connectivity index (χ3n) is 4.06. The molecule has 0 amide bonds. The minimum absolute atomic E-state index is 0.523. The van der Waals surface area contributed by atoms with E-state index in [2.05, 4.69) is 60.4 Å². The van der Waals surface area contributed by atoms with Gasteiger partial charge in [0, 0.05) is 24.8 Å². The van der Waals surface area contributed by atoms with Crippen LogP contribution in [0.5, 0.6) is 0 Å². The number of hydrogen-bond acceptors (Lipinski definition) is 3. The minimum atomic E-state index is 0.523. The van der Waals surface area contributed by atoms with Crippen molar-refractivity contribution in [1.29, 1.82) is 0 Å². The van der Waals surface area contributed by atoms with Gasteiger partial charge >= 0.3 is 0 Å². The van der Waals surface area contributed by atoms with E-state index in [0.29, 0.717) is 6.04 Å². The van der Waals surface area contributed by atoms with Crippen LogP contribution in [-0.4, -0.2) is 45.2 Å². The highest BCUT2D eigenvalue weighted by Crippen LogP contribution is 2.32. The van der Waals surface area contributed by atoms with Gasteiger partial charge in [-0.15, -0.1) is 0 Å². The Balaban J connectivity index is 2.11. The van der Waals surface area contributed by atoms with E-state index in [1.54, 1.807) is 0 Å². The quantitative estimate of drug-likeness (QED) is 0.861. The van der Waals surface area contributed by atoms with Crippen LogP contribution in [0.2, 0.25) is 0 Å². The lowest BCUT2D eigenvalue weighted by Crippen LogP contribution is -2.28. The average Bonchev–Trinajstić information content (AvgIpc) is 2.60. The van der Waals surface area contributed by atoms with Crippen LogP contribution in [0.3, 0.4) is 0 Å². The molecule has 0 bridgehead atoms. The van der Waals surface area contributed by atoms with Gasteiger partial charge in [0.1, 0.15) is 0 Å². The second kappa shape index (κ2) is 7.65. The molecule has 1 heterocycles. The van der Waals surface area contributed by atoms with Gasteiger partial charge in [-0.05, 0) is 58.1 Å². The molecule has 112 valence electrons. The van der Waals surface area contributed by atoms with Crippen molar-refractivity contribution in [3.63, 3.8) is 0 Å². The number of anilines is 1. The molecule has 0 saturated carbocycles. The number of rotatable bonds is 6. The molecule has 0 aromatic heterocycles. The second-order valence-electron chi connectivity index (χ2n) is 5.96. The van der Waals surface area contributed by atoms with E-state index in [9.17, 15) is 0 Å². The van der Waals surface area contributed by atoms with E-state index in [0.717, 1.165) is 19.6 Å². The summed E-state index contributed by atoms with van der Waals surface area (Å²) in [6.45, 7) is 6.75. The highest BCUT2D eigenvalue weighted by Gasteiger charge is 2.21. The van der Waals surface area contributed by atoms with Gasteiger partial charge in [0.25, 0.3) is 0 Å². The molecule has 1 atom stereocenters. The van der Waals surface area contributed by atoms with Crippen molar-refractivity contribution in [3.8, 4) is 0 Å². The Hall–Kier alpha value is -1.06. The van der Waals surface area contributed by atoms with Crippen molar-refractivity contribution in [3.05, 3.63) is 29.8 Å². The fourth-order valence-electron chi connectivity index (χ4n) is 3.10. The maximum absolute atomic E-state index is 3.64. The first-order valence-electron chi connectivity index (χ1n) is 7.94. The molecule has 1 aliphatic rings. The highest BCUT2D eigenvalue weighted by molar-refractivity contribution is 5.55. The fourth-order valence-corrected chi connectivity index (χ4v) is 3.10. The van der Waals surface area contributed by atoms with Crippen molar-refractivity contribution >= 4 is 5.69 Å². The molecule has 0 aliphatic carbocycles. The molecule has 1 N–H and O–H groups in total. The molecule has 3 nitrogen and oxygen atoms in total. The lowest BCUT2D eigenvalue weighted by Gasteiger charge is -2.26. The largest absolute Gasteiger partial charge is 0.371 e. The fraction of sp³-hybridized carbons (Fsp3) is 0.647. The molecular weight excluding hydrogens is 246 g/mol. The van der Waals surface area contributed by atoms with E-state index in [4.69, 9.17) is 0 Å². The summed E-state index contributed by atoms with van der Waals surface area (Å²) in [4.78, 5) is 4.85. The molecule has 0 spiro atoms. The zero-order chi connectivity index (χ0) is 14.4. The first kappa shape index (κ1) is 15.3. The van der Waals surface area contributed by atoms with Crippen LogP contribution < -0.4 is 10.2 Å². The molecule has 0 radical (unpaired) electrons. The van der Waals surface area contributed by atoms with Gasteiger partial charge in [0.05, 0.1) is 0 Å². The van der Waals surface area contributed by atoms with Crippen LogP contribution in [-0.2, 0) is 0 Å². The first-order valence-corrected chi connectivity index (χ1v) is 7.94. The number of fused-ring (bicyclic) bond motifs is 1. The maximum atomic E-state index is 3.64. The smallest absolute Gasteiger partial charge is 0.0414 e. The Labute approximate surface area is 124 Å². The SMILES string of the molecule is CCNC1CCCN(CCCN(C)C)c2ccccc21. The van der Waals surface area contributed by atoms with Gasteiger partial charge in [-0.1, -0.05) is 25.1 Å². The molecular formula is C17H29N3. The second-order valence-corrected chi connectivity index (χ2v) is 5.96. The summed E-state index contributed by atoms with van der Waals surface area (Å²) in [5.41, 5.74) is 2.92. The molecule has 1 aromatic carbocycles. The molecule has 1 unspecified atom stereocenters. The summed E-state index contributed by atoms with van der Waals surface area (Å²) in [6.07, 6.45) is 3.75. The van der Waals surface area contributed by atoms with E-state index >= 15 is 0 Å². The highest BCUT2D eigenvalue weighted by atomic mass is 15.1. The van der Waals surface area contributed by atoms with Gasteiger partial charge in [0.15, 0.2) is 0 Å². The maximum Gasteiger partial charge on any atom is 0.0414 e. The number of hydrogen-bond donors (Lipinski definition) is 1. The molecule has 20 heavy (non-hydrogen) atoms. The minimum Gasteiger partial charge on any atom is -0.371 e. The summed E-state index contributed by atoms with van der Waals surface area (Å²) in [5, 5.41) is 3.64. The Morgan fingerprint density at radius 2 is 2.10 bits per heavy atom. The molecule has 0 fully saturated rings. The van der Waals surface area contributed by atoms with Crippen molar-refractivity contribution in [2.45, 2.75) is 32.2 Å². The number of benzene rings is 1. The molecule has 3 heteroatoms. The van der Waals surface area contributed by atoms with E-state index in [-0.39, 0.29) is 0 Å². The lowest BCUT2D eigenvalue weighted by molar-refractivity contribution is 0.400. The van der Waals surface area contributed by atoms with Crippen molar-refractivity contribution < 1.29 is 0 Å². The Morgan fingerprint density at radius 3 is 2.85 bits per heavy atom. The van der Waals surface area contributed by atoms with E-state index in [1.807, 2.05) is 0 Å². The van der Waals surface area contributed by atoms with Crippen LogP contribution in [0.25, 0.3) is 0 Å². The van der Waals surface area contributed by atoms with Crippen LogP contribution >= 0.6 is 0 Å². The average molecular weight is 275 g/mol. The van der Waals surface area contributed by atoms with Crippen LogP contribution in [0, 0.1) is 0 Å². The molecule has 1 aromatic rings. The van der Waals surface area contributed by atoms with Gasteiger partial charge in [-0.3, -0.25) is 0 Å². The Kier molecular flexibility index (Phi) is 5.86. The molecule has 2 rings (SSSR count). The molecule has 0 saturated heterocycles. The van der Waals surface area contributed by atoms with Crippen molar-refractivity contribution in [2.24, 2.45) is 0 Å². The Bertz CT molecular complexity index is 403. The van der Waals surface area contributed by atoms with Crippen molar-refractivity contribution in [1.82, 2.24) is 10.2 Å². The topological polar surface area (TPSA) is 18.5 Å². The number of nitrogens with zero attached hydrogens (tertiary/aromatic N) is 2. The van der Waals surface area contributed by atoms with Gasteiger partial charge in [-0.25, -0.2) is 0 Å². The number of para-hydroxylation sites is 1. The van der Waals surface area contributed by atoms with Gasteiger partial charge < -0.3 is 15.1 Å². The summed E-state index contributed by atoms with van der Waals surface area (Å²) in [6, 6.07) is 9.46. The lowest BCUT2D eigenvalue weighted by atomic mass is 10.0. The number of nitrogens with one attached hydrogen (secondary N) is 1. The van der Waals surface area contributed by atoms with Crippen molar-refractivity contribution in [2.75, 3.05) is 45.2 Å². The first-order chi connectivity index (χ1) is 9.72. The third kappa shape index (κ3) is 3.97. The molecule has 1 aliphatic heterocycles. The van der Waals surface area contributed by atoms with Gasteiger partial charge in [-0.2, -0.15) is 0 Å².